The first-order valence-electron chi connectivity index (χ1n) is 11.5. The van der Waals surface area contributed by atoms with Crippen LogP contribution >= 0.6 is 0 Å². The van der Waals surface area contributed by atoms with Gasteiger partial charge in [0.2, 0.25) is 11.8 Å². The molecule has 2 atom stereocenters. The number of nitrogens with zero attached hydrogens (tertiary/aromatic N) is 4. The number of fused-ring (bicyclic) bond motifs is 1. The lowest BCUT2D eigenvalue weighted by Gasteiger charge is -2.29. The van der Waals surface area contributed by atoms with Crippen molar-refractivity contribution in [2.24, 2.45) is 0 Å². The normalized spacial score (nSPS) is 23.4. The number of carbonyl (C=O) groups is 3. The largest absolute Gasteiger partial charge is 0.322 e. The molecule has 3 amide bonds. The lowest BCUT2D eigenvalue weighted by Crippen LogP contribution is -2.52. The number of nitrogens with one attached hydrogen (secondary N) is 1. The molecule has 2 unspecified atom stereocenters. The van der Waals surface area contributed by atoms with E-state index in [0.29, 0.717) is 24.6 Å². The number of aromatic nitrogens is 1. The Bertz CT molecular complexity index is 1110. The molecule has 0 bridgehead atoms. The summed E-state index contributed by atoms with van der Waals surface area (Å²) in [5, 5.41) is 2.35. The molecule has 0 saturated carbocycles. The zero-order valence-corrected chi connectivity index (χ0v) is 19.1. The van der Waals surface area contributed by atoms with Gasteiger partial charge in [-0.2, -0.15) is 0 Å². The van der Waals surface area contributed by atoms with Crippen molar-refractivity contribution in [3.05, 3.63) is 53.2 Å². The monoisotopic (exact) mass is 447 g/mol. The number of amides is 3. The van der Waals surface area contributed by atoms with Crippen LogP contribution < -0.4 is 5.32 Å². The Morgan fingerprint density at radius 1 is 1.12 bits per heavy atom. The van der Waals surface area contributed by atoms with Crippen LogP contribution in [0.5, 0.6) is 0 Å². The molecule has 0 radical (unpaired) electrons. The average molecular weight is 448 g/mol. The number of hydrogen-bond acceptors (Lipinski definition) is 6. The third-order valence-corrected chi connectivity index (χ3v) is 7.03. The van der Waals surface area contributed by atoms with Gasteiger partial charge in [-0.1, -0.05) is 6.07 Å². The number of pyridine rings is 1. The summed E-state index contributed by atoms with van der Waals surface area (Å²) in [5.74, 6) is -0.822. The van der Waals surface area contributed by atoms with Crippen LogP contribution in [0.1, 0.15) is 40.7 Å². The van der Waals surface area contributed by atoms with Gasteiger partial charge in [0.15, 0.2) is 0 Å². The molecule has 1 aromatic heterocycles. The summed E-state index contributed by atoms with van der Waals surface area (Å²) in [7, 11) is 4.28. The van der Waals surface area contributed by atoms with E-state index in [4.69, 9.17) is 0 Å². The summed E-state index contributed by atoms with van der Waals surface area (Å²) in [6.45, 7) is 3.43. The third kappa shape index (κ3) is 4.28. The highest BCUT2D eigenvalue weighted by Gasteiger charge is 2.39. The summed E-state index contributed by atoms with van der Waals surface area (Å²) in [5.41, 5.74) is 4.57. The Morgan fingerprint density at radius 2 is 1.97 bits per heavy atom. The van der Waals surface area contributed by atoms with Crippen LogP contribution in [0, 0.1) is 0 Å². The SMILES string of the molecule is CN(C)C1CCN(Cc2ccnc(-c3ccc4c(c3)CN(C3CCC(=O)NC3=O)C4=O)c2)C1. The molecule has 8 nitrogen and oxygen atoms in total. The fourth-order valence-electron chi connectivity index (χ4n) is 5.10. The number of imide groups is 1. The van der Waals surface area contributed by atoms with Crippen molar-refractivity contribution in [1.82, 2.24) is 25.0 Å². The van der Waals surface area contributed by atoms with E-state index in [1.165, 1.54) is 12.0 Å². The molecule has 0 spiro atoms. The van der Waals surface area contributed by atoms with Gasteiger partial charge < -0.3 is 9.80 Å². The van der Waals surface area contributed by atoms with Crippen LogP contribution in [0.2, 0.25) is 0 Å². The van der Waals surface area contributed by atoms with Crippen molar-refractivity contribution in [2.75, 3.05) is 27.2 Å². The molecule has 3 aliphatic rings. The van der Waals surface area contributed by atoms with Crippen LogP contribution in [-0.4, -0.2) is 76.7 Å². The van der Waals surface area contributed by atoms with Crippen LogP contribution in [0.25, 0.3) is 11.3 Å². The zero-order valence-electron chi connectivity index (χ0n) is 19.1. The van der Waals surface area contributed by atoms with Crippen LogP contribution in [0.3, 0.4) is 0 Å². The van der Waals surface area contributed by atoms with Crippen molar-refractivity contribution in [3.63, 3.8) is 0 Å². The predicted molar refractivity (Wildman–Crippen MR) is 123 cm³/mol. The number of hydrogen-bond donors (Lipinski definition) is 1. The molecule has 2 aromatic rings. The number of rotatable bonds is 5. The first-order valence-corrected chi connectivity index (χ1v) is 11.5. The van der Waals surface area contributed by atoms with Crippen molar-refractivity contribution in [3.8, 4) is 11.3 Å². The highest BCUT2D eigenvalue weighted by molar-refractivity contribution is 6.05. The van der Waals surface area contributed by atoms with Crippen molar-refractivity contribution in [2.45, 2.75) is 44.4 Å². The third-order valence-electron chi connectivity index (χ3n) is 7.03. The molecule has 2 saturated heterocycles. The molecule has 33 heavy (non-hydrogen) atoms. The Hall–Kier alpha value is -3.10. The highest BCUT2D eigenvalue weighted by atomic mass is 16.2. The molecule has 0 aliphatic carbocycles. The topological polar surface area (TPSA) is 85.8 Å². The molecule has 3 aliphatic heterocycles. The van der Waals surface area contributed by atoms with E-state index in [1.54, 1.807) is 4.90 Å². The van der Waals surface area contributed by atoms with Gasteiger partial charge in [-0.15, -0.1) is 0 Å². The molecule has 2 fully saturated rings. The van der Waals surface area contributed by atoms with E-state index in [0.717, 1.165) is 36.5 Å². The van der Waals surface area contributed by atoms with Crippen molar-refractivity contribution in [1.29, 1.82) is 0 Å². The molecule has 8 heteroatoms. The Morgan fingerprint density at radius 3 is 2.73 bits per heavy atom. The van der Waals surface area contributed by atoms with E-state index in [2.05, 4.69) is 46.3 Å². The molecule has 1 aromatic carbocycles. The van der Waals surface area contributed by atoms with E-state index >= 15 is 0 Å². The Balaban J connectivity index is 1.32. The minimum Gasteiger partial charge on any atom is -0.322 e. The van der Waals surface area contributed by atoms with Gasteiger partial charge in [0.25, 0.3) is 5.91 Å². The predicted octanol–water partition coefficient (Wildman–Crippen LogP) is 1.65. The number of benzene rings is 1. The summed E-state index contributed by atoms with van der Waals surface area (Å²) in [6.07, 6.45) is 3.66. The maximum Gasteiger partial charge on any atom is 0.255 e. The molecule has 5 rings (SSSR count). The van der Waals surface area contributed by atoms with Crippen LogP contribution in [-0.2, 0) is 22.7 Å². The van der Waals surface area contributed by atoms with Gasteiger partial charge in [0.1, 0.15) is 6.04 Å². The lowest BCUT2D eigenvalue weighted by atomic mass is 10.0. The van der Waals surface area contributed by atoms with Gasteiger partial charge in [-0.25, -0.2) is 0 Å². The summed E-state index contributed by atoms with van der Waals surface area (Å²) in [4.78, 5) is 47.6. The lowest BCUT2D eigenvalue weighted by molar-refractivity contribution is -0.136. The second-order valence-corrected chi connectivity index (χ2v) is 9.46. The molecular formula is C25H29N5O3. The first kappa shape index (κ1) is 21.7. The van der Waals surface area contributed by atoms with E-state index in [-0.39, 0.29) is 24.1 Å². The fraction of sp³-hybridized carbons (Fsp3) is 0.440. The summed E-state index contributed by atoms with van der Waals surface area (Å²) < 4.78 is 0. The maximum atomic E-state index is 12.9. The average Bonchev–Trinajstić information content (AvgIpc) is 3.39. The van der Waals surface area contributed by atoms with E-state index in [1.807, 2.05) is 24.4 Å². The van der Waals surface area contributed by atoms with Crippen LogP contribution in [0.15, 0.2) is 36.5 Å². The highest BCUT2D eigenvalue weighted by Crippen LogP contribution is 2.31. The van der Waals surface area contributed by atoms with Crippen LogP contribution in [0.4, 0.5) is 0 Å². The van der Waals surface area contributed by atoms with Crippen molar-refractivity contribution < 1.29 is 14.4 Å². The summed E-state index contributed by atoms with van der Waals surface area (Å²) >= 11 is 0. The molecule has 4 heterocycles. The number of likely N-dealkylation sites (tertiary alicyclic amines) is 1. The fourth-order valence-corrected chi connectivity index (χ4v) is 5.10. The van der Waals surface area contributed by atoms with E-state index < -0.39 is 6.04 Å². The van der Waals surface area contributed by atoms with Gasteiger partial charge in [0, 0.05) is 56.0 Å². The molecular weight excluding hydrogens is 418 g/mol. The van der Waals surface area contributed by atoms with Gasteiger partial charge in [-0.3, -0.25) is 29.6 Å². The molecule has 172 valence electrons. The van der Waals surface area contributed by atoms with E-state index in [9.17, 15) is 14.4 Å². The second kappa shape index (κ2) is 8.68. The summed E-state index contributed by atoms with van der Waals surface area (Å²) in [6, 6.07) is 9.95. The quantitative estimate of drug-likeness (QED) is 0.702. The Labute approximate surface area is 193 Å². The minimum atomic E-state index is -0.598. The standard InChI is InChI=1S/C25H29N5O3/c1-28(2)19-8-10-29(15-19)13-16-7-9-26-21(11-16)17-3-4-20-18(12-17)14-30(25(20)33)22-5-6-23(31)27-24(22)32/h3-4,7,9,11-12,19,22H,5-6,8,10,13-15H2,1-2H3,(H,27,31,32). The zero-order chi connectivity index (χ0) is 23.1. The van der Waals surface area contributed by atoms with Gasteiger partial charge in [-0.05, 0) is 62.3 Å². The minimum absolute atomic E-state index is 0.155. The smallest absolute Gasteiger partial charge is 0.255 e. The van der Waals surface area contributed by atoms with Gasteiger partial charge in [0.05, 0.1) is 5.69 Å². The number of piperidine rings is 1. The maximum absolute atomic E-state index is 12.9. The number of likely N-dealkylation sites (N-methyl/N-ethyl adjacent to an activating group) is 1. The van der Waals surface area contributed by atoms with Crippen molar-refractivity contribution >= 4 is 17.7 Å². The molecule has 1 N–H and O–H groups in total. The van der Waals surface area contributed by atoms with Gasteiger partial charge >= 0.3 is 0 Å². The second-order valence-electron chi connectivity index (χ2n) is 9.46. The Kier molecular flexibility index (Phi) is 5.72. The first-order chi connectivity index (χ1) is 15.9. The number of carbonyl (C=O) groups excluding carboxylic acids is 3.